The van der Waals surface area contributed by atoms with Gasteiger partial charge < -0.3 is 14.5 Å². The number of anilines is 1. The Labute approximate surface area is 101 Å². The zero-order valence-electron chi connectivity index (χ0n) is 8.93. The van der Waals surface area contributed by atoms with Crippen molar-refractivity contribution in [2.24, 2.45) is 0 Å². The number of rotatable bonds is 3. The van der Waals surface area contributed by atoms with Gasteiger partial charge in [-0.1, -0.05) is 0 Å². The molecule has 6 heteroatoms. The average molecular weight is 251 g/mol. The predicted octanol–water partition coefficient (Wildman–Crippen LogP) is 2.38. The van der Waals surface area contributed by atoms with E-state index in [1.165, 1.54) is 19.6 Å². The van der Waals surface area contributed by atoms with Crippen molar-refractivity contribution in [1.29, 1.82) is 0 Å². The second kappa shape index (κ2) is 4.84. The summed E-state index contributed by atoms with van der Waals surface area (Å²) in [6.45, 7) is 0. The fourth-order valence-electron chi connectivity index (χ4n) is 1.19. The first kappa shape index (κ1) is 11.4. The molecule has 1 N–H and O–H groups in total. The lowest BCUT2D eigenvalue weighted by atomic mass is 10.3. The van der Waals surface area contributed by atoms with E-state index in [1.54, 1.807) is 18.2 Å². The Balaban J connectivity index is 2.07. The van der Waals surface area contributed by atoms with Gasteiger partial charge in [-0.05, 0) is 18.2 Å². The Bertz CT molecular complexity index is 529. The van der Waals surface area contributed by atoms with E-state index in [-0.39, 0.29) is 5.91 Å². The zero-order valence-corrected chi connectivity index (χ0v) is 9.74. The number of amides is 1. The van der Waals surface area contributed by atoms with E-state index in [0.717, 1.165) is 11.3 Å². The van der Waals surface area contributed by atoms with Crippen LogP contribution in [0.1, 0.15) is 20.0 Å². The maximum absolute atomic E-state index is 11.6. The number of methoxy groups -OCH3 is 1. The zero-order chi connectivity index (χ0) is 12.3. The molecule has 2 rings (SSSR count). The van der Waals surface area contributed by atoms with Crippen LogP contribution in [0.4, 0.5) is 5.00 Å². The van der Waals surface area contributed by atoms with Gasteiger partial charge in [0.05, 0.1) is 23.9 Å². The summed E-state index contributed by atoms with van der Waals surface area (Å²) in [6, 6.07) is 4.81. The quantitative estimate of drug-likeness (QED) is 0.850. The summed E-state index contributed by atoms with van der Waals surface area (Å²) in [5.74, 6) is -0.698. The first-order valence-corrected chi connectivity index (χ1v) is 5.54. The van der Waals surface area contributed by atoms with Crippen LogP contribution < -0.4 is 5.32 Å². The number of hydrogen-bond acceptors (Lipinski definition) is 5. The van der Waals surface area contributed by atoms with Gasteiger partial charge in [0.1, 0.15) is 11.1 Å². The Morgan fingerprint density at radius 2 is 2.18 bits per heavy atom. The van der Waals surface area contributed by atoms with Gasteiger partial charge in [-0.15, -0.1) is 11.3 Å². The number of carbonyl (C=O) groups is 2. The van der Waals surface area contributed by atoms with E-state index in [1.807, 2.05) is 0 Å². The van der Waals surface area contributed by atoms with Crippen LogP contribution in [0.3, 0.4) is 0 Å². The Morgan fingerprint density at radius 3 is 2.82 bits per heavy atom. The highest BCUT2D eigenvalue weighted by Crippen LogP contribution is 2.23. The SMILES string of the molecule is COC(=O)c1ccc(NC(=O)c2ccoc2)s1. The summed E-state index contributed by atoms with van der Waals surface area (Å²) >= 11 is 1.15. The molecule has 5 nitrogen and oxygen atoms in total. The number of nitrogens with one attached hydrogen (secondary N) is 1. The molecule has 0 fully saturated rings. The molecule has 0 saturated heterocycles. The minimum absolute atomic E-state index is 0.281. The summed E-state index contributed by atoms with van der Waals surface area (Å²) in [5, 5.41) is 3.24. The minimum Gasteiger partial charge on any atom is -0.472 e. The van der Waals surface area contributed by atoms with Crippen LogP contribution in [0.5, 0.6) is 0 Å². The highest BCUT2D eigenvalue weighted by Gasteiger charge is 2.12. The van der Waals surface area contributed by atoms with E-state index in [9.17, 15) is 9.59 Å². The third-order valence-corrected chi connectivity index (χ3v) is 2.99. The van der Waals surface area contributed by atoms with Gasteiger partial charge in [0.2, 0.25) is 0 Å². The topological polar surface area (TPSA) is 68.5 Å². The molecule has 0 radical (unpaired) electrons. The summed E-state index contributed by atoms with van der Waals surface area (Å²) in [6.07, 6.45) is 2.77. The molecule has 0 aliphatic heterocycles. The van der Waals surface area contributed by atoms with Crippen LogP contribution in [0.2, 0.25) is 0 Å². The molecule has 2 aromatic heterocycles. The number of esters is 1. The fourth-order valence-corrected chi connectivity index (χ4v) is 2.01. The van der Waals surface area contributed by atoms with Crippen molar-refractivity contribution in [3.8, 4) is 0 Å². The molecule has 0 aliphatic carbocycles. The van der Waals surface area contributed by atoms with Gasteiger partial charge in [-0.3, -0.25) is 4.79 Å². The number of thiophene rings is 1. The van der Waals surface area contributed by atoms with Gasteiger partial charge in [-0.25, -0.2) is 4.79 Å². The van der Waals surface area contributed by atoms with Gasteiger partial charge >= 0.3 is 5.97 Å². The monoisotopic (exact) mass is 251 g/mol. The van der Waals surface area contributed by atoms with Crippen molar-refractivity contribution >= 4 is 28.2 Å². The molecule has 0 aromatic carbocycles. The lowest BCUT2D eigenvalue weighted by molar-refractivity contribution is 0.0606. The molecular weight excluding hydrogens is 242 g/mol. The van der Waals surface area contributed by atoms with Crippen LogP contribution in [-0.2, 0) is 4.74 Å². The Morgan fingerprint density at radius 1 is 1.35 bits per heavy atom. The Hall–Kier alpha value is -2.08. The maximum atomic E-state index is 11.6. The first-order chi connectivity index (χ1) is 8.20. The molecule has 2 aromatic rings. The molecule has 0 aliphatic rings. The molecule has 17 heavy (non-hydrogen) atoms. The third kappa shape index (κ3) is 2.54. The largest absolute Gasteiger partial charge is 0.472 e. The molecule has 0 bridgehead atoms. The van der Waals surface area contributed by atoms with Crippen molar-refractivity contribution in [2.75, 3.05) is 12.4 Å². The van der Waals surface area contributed by atoms with Gasteiger partial charge in [0.15, 0.2) is 0 Å². The van der Waals surface area contributed by atoms with Crippen molar-refractivity contribution in [1.82, 2.24) is 0 Å². The number of hydrogen-bond donors (Lipinski definition) is 1. The van der Waals surface area contributed by atoms with Crippen LogP contribution in [0, 0.1) is 0 Å². The van der Waals surface area contributed by atoms with E-state index >= 15 is 0 Å². The number of ether oxygens (including phenoxy) is 1. The highest BCUT2D eigenvalue weighted by molar-refractivity contribution is 7.18. The third-order valence-electron chi connectivity index (χ3n) is 2.01. The van der Waals surface area contributed by atoms with Crippen molar-refractivity contribution in [2.45, 2.75) is 0 Å². The lowest BCUT2D eigenvalue weighted by Crippen LogP contribution is -2.09. The highest BCUT2D eigenvalue weighted by atomic mass is 32.1. The van der Waals surface area contributed by atoms with Crippen LogP contribution in [0.15, 0.2) is 35.1 Å². The van der Waals surface area contributed by atoms with Gasteiger partial charge in [-0.2, -0.15) is 0 Å². The Kier molecular flexibility index (Phi) is 3.24. The van der Waals surface area contributed by atoms with E-state index in [4.69, 9.17) is 4.42 Å². The van der Waals surface area contributed by atoms with Gasteiger partial charge in [0, 0.05) is 0 Å². The van der Waals surface area contributed by atoms with E-state index in [2.05, 4.69) is 10.1 Å². The molecule has 88 valence electrons. The predicted molar refractivity (Wildman–Crippen MR) is 62.3 cm³/mol. The molecule has 1 amide bonds. The summed E-state index contributed by atoms with van der Waals surface area (Å²) < 4.78 is 9.37. The van der Waals surface area contributed by atoms with Gasteiger partial charge in [0.25, 0.3) is 5.91 Å². The molecule has 0 atom stereocenters. The first-order valence-electron chi connectivity index (χ1n) is 4.72. The lowest BCUT2D eigenvalue weighted by Gasteiger charge is -1.98. The second-order valence-corrected chi connectivity index (χ2v) is 4.21. The smallest absolute Gasteiger partial charge is 0.348 e. The van der Waals surface area contributed by atoms with Crippen LogP contribution in [0.25, 0.3) is 0 Å². The van der Waals surface area contributed by atoms with Crippen molar-refractivity contribution in [3.05, 3.63) is 41.2 Å². The summed E-state index contributed by atoms with van der Waals surface area (Å²) in [7, 11) is 1.31. The fraction of sp³-hybridized carbons (Fsp3) is 0.0909. The number of carbonyl (C=O) groups excluding carboxylic acids is 2. The molecule has 2 heterocycles. The maximum Gasteiger partial charge on any atom is 0.348 e. The number of furan rings is 1. The average Bonchev–Trinajstić information content (AvgIpc) is 2.98. The molecule has 0 unspecified atom stereocenters. The standard InChI is InChI=1S/C11H9NO4S/c1-15-11(14)8-2-3-9(17-8)12-10(13)7-4-5-16-6-7/h2-6H,1H3,(H,12,13). The van der Waals surface area contributed by atoms with Crippen LogP contribution >= 0.6 is 11.3 Å². The van der Waals surface area contributed by atoms with Crippen molar-refractivity contribution in [3.63, 3.8) is 0 Å². The normalized spacial score (nSPS) is 9.94. The summed E-state index contributed by atoms with van der Waals surface area (Å²) in [5.41, 5.74) is 0.429. The second-order valence-electron chi connectivity index (χ2n) is 3.12. The van der Waals surface area contributed by atoms with Crippen LogP contribution in [-0.4, -0.2) is 19.0 Å². The molecule has 0 saturated carbocycles. The van der Waals surface area contributed by atoms with E-state index in [0.29, 0.717) is 15.4 Å². The van der Waals surface area contributed by atoms with E-state index < -0.39 is 5.97 Å². The summed E-state index contributed by atoms with van der Waals surface area (Å²) in [4.78, 5) is 23.3. The molecular formula is C11H9NO4S. The van der Waals surface area contributed by atoms with Crippen molar-refractivity contribution < 1.29 is 18.7 Å². The minimum atomic E-state index is -0.418. The molecule has 0 spiro atoms.